The first-order chi connectivity index (χ1) is 10.1. The first-order valence-corrected chi connectivity index (χ1v) is 9.31. The van der Waals surface area contributed by atoms with Crippen LogP contribution in [-0.2, 0) is 9.59 Å². The highest BCUT2D eigenvalue weighted by atomic mass is 32.2. The largest absolute Gasteiger partial charge is 0.354 e. The van der Waals surface area contributed by atoms with Crippen LogP contribution in [0.25, 0.3) is 0 Å². The van der Waals surface area contributed by atoms with E-state index in [2.05, 4.69) is 10.6 Å². The Bertz CT molecular complexity index is 320. The number of nitrogens with one attached hydrogen (secondary N) is 2. The third-order valence-electron chi connectivity index (χ3n) is 3.91. The second-order valence-electron chi connectivity index (χ2n) is 5.74. The van der Waals surface area contributed by atoms with E-state index in [0.29, 0.717) is 31.8 Å². The Morgan fingerprint density at radius 1 is 1.19 bits per heavy atom. The van der Waals surface area contributed by atoms with E-state index in [0.717, 1.165) is 5.75 Å². The Morgan fingerprint density at radius 2 is 1.86 bits per heavy atom. The second-order valence-corrected chi connectivity index (χ2v) is 6.72. The first kappa shape index (κ1) is 18.3. The van der Waals surface area contributed by atoms with Crippen LogP contribution in [0.3, 0.4) is 0 Å². The monoisotopic (exact) mass is 315 g/mol. The third-order valence-corrected chi connectivity index (χ3v) is 4.56. The molecule has 1 atom stereocenters. The van der Waals surface area contributed by atoms with E-state index in [1.54, 1.807) is 11.8 Å². The highest BCUT2D eigenvalue weighted by Gasteiger charge is 2.17. The van der Waals surface area contributed by atoms with E-state index < -0.39 is 6.04 Å². The van der Waals surface area contributed by atoms with Gasteiger partial charge in [-0.15, -0.1) is 0 Å². The summed E-state index contributed by atoms with van der Waals surface area (Å²) in [7, 11) is 0. The smallest absolute Gasteiger partial charge is 0.237 e. The Labute approximate surface area is 132 Å². The Balaban J connectivity index is 2.04. The van der Waals surface area contributed by atoms with E-state index in [1.807, 2.05) is 6.26 Å². The van der Waals surface area contributed by atoms with E-state index in [9.17, 15) is 9.59 Å². The molecule has 6 heteroatoms. The fourth-order valence-corrected chi connectivity index (χ4v) is 3.11. The number of nitrogens with two attached hydrogens (primary N) is 1. The molecule has 0 aromatic carbocycles. The molecule has 21 heavy (non-hydrogen) atoms. The molecule has 5 nitrogen and oxygen atoms in total. The molecule has 0 aliphatic heterocycles. The SMILES string of the molecule is CSCC[C@H](N)C(=O)NCCNC(=O)CC1CCCCC1. The van der Waals surface area contributed by atoms with Crippen LogP contribution in [-0.4, -0.2) is 43.0 Å². The van der Waals surface area contributed by atoms with Crippen molar-refractivity contribution in [3.8, 4) is 0 Å². The summed E-state index contributed by atoms with van der Waals surface area (Å²) in [5, 5.41) is 5.63. The molecule has 0 aromatic rings. The van der Waals surface area contributed by atoms with Crippen molar-refractivity contribution in [2.24, 2.45) is 11.7 Å². The van der Waals surface area contributed by atoms with Crippen molar-refractivity contribution in [1.82, 2.24) is 10.6 Å². The maximum Gasteiger partial charge on any atom is 0.237 e. The van der Waals surface area contributed by atoms with Crippen molar-refractivity contribution >= 4 is 23.6 Å². The molecule has 2 amide bonds. The minimum atomic E-state index is -0.449. The average molecular weight is 315 g/mol. The summed E-state index contributed by atoms with van der Waals surface area (Å²) >= 11 is 1.68. The van der Waals surface area contributed by atoms with Gasteiger partial charge in [-0.1, -0.05) is 19.3 Å². The standard InChI is InChI=1S/C15H29N3O2S/c1-21-10-7-13(16)15(20)18-9-8-17-14(19)11-12-5-3-2-4-6-12/h12-13H,2-11,16H2,1H3,(H,17,19)(H,18,20)/t13-/m0/s1. The second kappa shape index (κ2) is 10.9. The van der Waals surface area contributed by atoms with Gasteiger partial charge in [-0.3, -0.25) is 9.59 Å². The number of carbonyl (C=O) groups is 2. The van der Waals surface area contributed by atoms with Crippen molar-refractivity contribution in [1.29, 1.82) is 0 Å². The molecular formula is C15H29N3O2S. The molecule has 0 bridgehead atoms. The van der Waals surface area contributed by atoms with E-state index in [4.69, 9.17) is 5.73 Å². The topological polar surface area (TPSA) is 84.2 Å². The Kier molecular flexibility index (Phi) is 9.50. The lowest BCUT2D eigenvalue weighted by molar-refractivity contribution is -0.124. The zero-order valence-electron chi connectivity index (χ0n) is 13.0. The van der Waals surface area contributed by atoms with Gasteiger partial charge < -0.3 is 16.4 Å². The summed E-state index contributed by atoms with van der Waals surface area (Å²) in [6, 6.07) is -0.449. The van der Waals surface area contributed by atoms with Crippen molar-refractivity contribution < 1.29 is 9.59 Å². The summed E-state index contributed by atoms with van der Waals surface area (Å²) in [5.74, 6) is 1.40. The number of amides is 2. The van der Waals surface area contributed by atoms with Gasteiger partial charge in [0, 0.05) is 19.5 Å². The number of hydrogen-bond acceptors (Lipinski definition) is 4. The third kappa shape index (κ3) is 8.31. The van der Waals surface area contributed by atoms with Crippen LogP contribution in [0.5, 0.6) is 0 Å². The maximum absolute atomic E-state index is 11.8. The predicted molar refractivity (Wildman–Crippen MR) is 88.2 cm³/mol. The highest BCUT2D eigenvalue weighted by Crippen LogP contribution is 2.25. The molecule has 0 unspecified atom stereocenters. The maximum atomic E-state index is 11.8. The fourth-order valence-electron chi connectivity index (χ4n) is 2.62. The zero-order valence-corrected chi connectivity index (χ0v) is 13.8. The average Bonchev–Trinajstić information content (AvgIpc) is 2.49. The van der Waals surface area contributed by atoms with E-state index >= 15 is 0 Å². The van der Waals surface area contributed by atoms with Crippen LogP contribution in [0.15, 0.2) is 0 Å². The zero-order chi connectivity index (χ0) is 15.5. The van der Waals surface area contributed by atoms with Gasteiger partial charge >= 0.3 is 0 Å². The van der Waals surface area contributed by atoms with Crippen LogP contribution in [0.2, 0.25) is 0 Å². The first-order valence-electron chi connectivity index (χ1n) is 7.92. The van der Waals surface area contributed by atoms with Crippen molar-refractivity contribution in [2.45, 2.75) is 51.0 Å². The number of rotatable bonds is 9. The summed E-state index contributed by atoms with van der Waals surface area (Å²) in [6.45, 7) is 0.925. The molecule has 0 heterocycles. The van der Waals surface area contributed by atoms with Crippen LogP contribution in [0, 0.1) is 5.92 Å². The predicted octanol–water partition coefficient (Wildman–Crippen LogP) is 1.27. The van der Waals surface area contributed by atoms with E-state index in [-0.39, 0.29) is 11.8 Å². The molecule has 122 valence electrons. The molecule has 1 aliphatic carbocycles. The van der Waals surface area contributed by atoms with Crippen molar-refractivity contribution in [2.75, 3.05) is 25.1 Å². The van der Waals surface area contributed by atoms with Crippen LogP contribution in [0.4, 0.5) is 0 Å². The van der Waals surface area contributed by atoms with E-state index in [1.165, 1.54) is 32.1 Å². The molecule has 1 aliphatic rings. The van der Waals surface area contributed by atoms with Crippen LogP contribution in [0.1, 0.15) is 44.9 Å². The minimum absolute atomic E-state index is 0.0998. The van der Waals surface area contributed by atoms with Gasteiger partial charge in [0.25, 0.3) is 0 Å². The lowest BCUT2D eigenvalue weighted by Crippen LogP contribution is -2.43. The summed E-state index contributed by atoms with van der Waals surface area (Å²) in [4.78, 5) is 23.4. The van der Waals surface area contributed by atoms with Gasteiger partial charge in [0.05, 0.1) is 6.04 Å². The Hall–Kier alpha value is -0.750. The number of thioether (sulfide) groups is 1. The van der Waals surface area contributed by atoms with Gasteiger partial charge in [-0.05, 0) is 37.2 Å². The van der Waals surface area contributed by atoms with Crippen molar-refractivity contribution in [3.63, 3.8) is 0 Å². The quantitative estimate of drug-likeness (QED) is 0.560. The van der Waals surface area contributed by atoms with Gasteiger partial charge in [0.1, 0.15) is 0 Å². The van der Waals surface area contributed by atoms with Crippen molar-refractivity contribution in [3.05, 3.63) is 0 Å². The molecule has 0 aromatic heterocycles. The highest BCUT2D eigenvalue weighted by molar-refractivity contribution is 7.98. The number of carbonyl (C=O) groups excluding carboxylic acids is 2. The molecule has 0 radical (unpaired) electrons. The molecule has 1 fully saturated rings. The summed E-state index contributed by atoms with van der Waals surface area (Å²) in [6.07, 6.45) is 9.46. The molecular weight excluding hydrogens is 286 g/mol. The van der Waals surface area contributed by atoms with Gasteiger partial charge in [0.15, 0.2) is 0 Å². The lowest BCUT2D eigenvalue weighted by Gasteiger charge is -2.20. The van der Waals surface area contributed by atoms with Crippen LogP contribution >= 0.6 is 11.8 Å². The fraction of sp³-hybridized carbons (Fsp3) is 0.867. The lowest BCUT2D eigenvalue weighted by atomic mass is 9.87. The van der Waals surface area contributed by atoms with Gasteiger partial charge in [-0.2, -0.15) is 11.8 Å². The molecule has 1 saturated carbocycles. The molecule has 1 rings (SSSR count). The van der Waals surface area contributed by atoms with Crippen LogP contribution < -0.4 is 16.4 Å². The number of hydrogen-bond donors (Lipinski definition) is 3. The summed E-state index contributed by atoms with van der Waals surface area (Å²) < 4.78 is 0. The normalized spacial score (nSPS) is 17.2. The Morgan fingerprint density at radius 3 is 2.52 bits per heavy atom. The van der Waals surface area contributed by atoms with Gasteiger partial charge in [0.2, 0.25) is 11.8 Å². The molecule has 0 saturated heterocycles. The minimum Gasteiger partial charge on any atom is -0.354 e. The summed E-state index contributed by atoms with van der Waals surface area (Å²) in [5.41, 5.74) is 5.76. The van der Waals surface area contributed by atoms with Gasteiger partial charge in [-0.25, -0.2) is 0 Å². The molecule has 0 spiro atoms. The molecule has 4 N–H and O–H groups in total.